The lowest BCUT2D eigenvalue weighted by Crippen LogP contribution is -2.33. The lowest BCUT2D eigenvalue weighted by atomic mass is 9.97. The number of benzene rings is 2. The molecule has 2 heterocycles. The number of allylic oxidation sites excluding steroid dienone is 3. The van der Waals surface area contributed by atoms with Crippen molar-refractivity contribution in [2.24, 2.45) is 7.05 Å². The number of halogens is 2. The van der Waals surface area contributed by atoms with Gasteiger partial charge in [-0.1, -0.05) is 42.6 Å². The Balaban J connectivity index is 1.74. The van der Waals surface area contributed by atoms with Crippen LogP contribution in [0.4, 0.5) is 0 Å². The van der Waals surface area contributed by atoms with Crippen LogP contribution in [0.3, 0.4) is 0 Å². The number of rotatable bonds is 8. The zero-order chi connectivity index (χ0) is 24.9. The van der Waals surface area contributed by atoms with E-state index in [9.17, 15) is 4.79 Å². The minimum atomic E-state index is -1.07. The molecule has 0 bridgehead atoms. The molecule has 0 radical (unpaired) electrons. The largest absolute Gasteiger partial charge is 0.480 e. The zero-order valence-electron chi connectivity index (χ0n) is 19.6. The molecule has 1 aliphatic rings. The van der Waals surface area contributed by atoms with Crippen molar-refractivity contribution in [3.63, 3.8) is 0 Å². The minimum absolute atomic E-state index is 0.316. The Bertz CT molecular complexity index is 1280. The van der Waals surface area contributed by atoms with Crippen LogP contribution in [-0.4, -0.2) is 33.7 Å². The number of ether oxygens (including phenoxy) is 2. The number of aliphatic carboxylic acids is 1. The Morgan fingerprint density at radius 2 is 2.03 bits per heavy atom. The van der Waals surface area contributed by atoms with Gasteiger partial charge in [0.05, 0.1) is 16.2 Å². The first-order valence-corrected chi connectivity index (χ1v) is 12.2. The van der Waals surface area contributed by atoms with Gasteiger partial charge in [-0.3, -0.25) is 4.68 Å². The first-order valence-electron chi connectivity index (χ1n) is 11.4. The number of carboxylic acid groups (broad SMARTS) is 1. The van der Waals surface area contributed by atoms with Crippen molar-refractivity contribution >= 4 is 45.6 Å². The van der Waals surface area contributed by atoms with Crippen molar-refractivity contribution in [2.45, 2.75) is 38.8 Å². The number of nitrogens with one attached hydrogen (secondary N) is 1. The summed E-state index contributed by atoms with van der Waals surface area (Å²) in [6, 6.07) is 10.8. The third-order valence-electron chi connectivity index (χ3n) is 5.67. The van der Waals surface area contributed by atoms with E-state index in [1.54, 1.807) is 28.9 Å². The van der Waals surface area contributed by atoms with E-state index in [-0.39, 0.29) is 6.23 Å². The lowest BCUT2D eigenvalue weighted by molar-refractivity contribution is -0.139. The monoisotopic (exact) mass is 515 g/mol. The van der Waals surface area contributed by atoms with E-state index in [0.717, 1.165) is 53.6 Å². The van der Waals surface area contributed by atoms with E-state index < -0.39 is 12.6 Å². The predicted octanol–water partition coefficient (Wildman–Crippen LogP) is 6.20. The molecule has 184 valence electrons. The van der Waals surface area contributed by atoms with Crippen LogP contribution >= 0.6 is 23.2 Å². The van der Waals surface area contributed by atoms with Gasteiger partial charge in [0.1, 0.15) is 11.5 Å². The van der Waals surface area contributed by atoms with Gasteiger partial charge >= 0.3 is 5.97 Å². The molecular formula is C26H27Cl2N3O4. The highest BCUT2D eigenvalue weighted by Gasteiger charge is 2.22. The van der Waals surface area contributed by atoms with E-state index in [2.05, 4.69) is 18.3 Å². The molecule has 0 amide bonds. The summed E-state index contributed by atoms with van der Waals surface area (Å²) in [6.45, 7) is 1.66. The molecule has 2 N–H and O–H groups in total. The van der Waals surface area contributed by atoms with Crippen molar-refractivity contribution in [3.8, 4) is 11.5 Å². The van der Waals surface area contributed by atoms with Crippen LogP contribution in [0.5, 0.6) is 11.5 Å². The average Bonchev–Trinajstić information content (AvgIpc) is 3.12. The number of hydrogen-bond donors (Lipinski definition) is 2. The highest BCUT2D eigenvalue weighted by molar-refractivity contribution is 6.33. The molecule has 2 aromatic carbocycles. The molecule has 4 rings (SSSR count). The average molecular weight is 516 g/mol. The Hall–Kier alpha value is -3.16. The van der Waals surface area contributed by atoms with Gasteiger partial charge in [0, 0.05) is 23.2 Å². The predicted molar refractivity (Wildman–Crippen MR) is 138 cm³/mol. The summed E-state index contributed by atoms with van der Waals surface area (Å²) in [6.07, 6.45) is 7.12. The normalized spacial score (nSPS) is 19.0. The van der Waals surface area contributed by atoms with Crippen LogP contribution in [0.15, 0.2) is 54.2 Å². The summed E-state index contributed by atoms with van der Waals surface area (Å²) >= 11 is 12.4. The zero-order valence-corrected chi connectivity index (χ0v) is 21.1. The van der Waals surface area contributed by atoms with Crippen LogP contribution in [0, 0.1) is 0 Å². The first kappa shape index (κ1) is 24.9. The van der Waals surface area contributed by atoms with Gasteiger partial charge in [-0.25, -0.2) is 4.79 Å². The van der Waals surface area contributed by atoms with Gasteiger partial charge in [0.2, 0.25) is 0 Å². The number of aromatic nitrogens is 2. The molecule has 0 saturated heterocycles. The maximum atomic E-state index is 11.0. The third-order valence-corrected chi connectivity index (χ3v) is 6.22. The number of aryl methyl sites for hydroxylation is 1. The van der Waals surface area contributed by atoms with Gasteiger partial charge in [0.15, 0.2) is 12.8 Å². The summed E-state index contributed by atoms with van der Waals surface area (Å²) in [5.74, 6) is -0.0352. The maximum absolute atomic E-state index is 11.0. The molecule has 1 aromatic heterocycles. The number of hydrogen-bond acceptors (Lipinski definition) is 5. The molecule has 0 saturated carbocycles. The van der Waals surface area contributed by atoms with E-state index in [1.165, 1.54) is 0 Å². The summed E-state index contributed by atoms with van der Waals surface area (Å²) in [5.41, 5.74) is 3.79. The number of carboxylic acids is 1. The number of fused-ring (bicyclic) bond motifs is 1. The Labute approximate surface area is 213 Å². The first-order chi connectivity index (χ1) is 16.9. The van der Waals surface area contributed by atoms with E-state index in [0.29, 0.717) is 21.5 Å². The number of carbonyl (C=O) groups is 1. The lowest BCUT2D eigenvalue weighted by Gasteiger charge is -2.24. The van der Waals surface area contributed by atoms with Gasteiger partial charge in [-0.05, 0) is 67.3 Å². The standard InChI is InChI=1S/C26H27Cl2N3O4/c1-3-6-21-18(7-4-5-8-24(29-21)35-17-11-9-16(27)10-12-17)26-19-13-23(34-15-25(32)33)20(28)14-22(19)31(2)30-26/h5,8-14,24,29H,3-4,6-7,15H2,1-2H3,(H,32,33)/b8-5-,21-18+. The van der Waals surface area contributed by atoms with Crippen molar-refractivity contribution in [1.82, 2.24) is 15.1 Å². The molecular weight excluding hydrogens is 489 g/mol. The highest BCUT2D eigenvalue weighted by atomic mass is 35.5. The van der Waals surface area contributed by atoms with Crippen LogP contribution in [0.2, 0.25) is 10.0 Å². The van der Waals surface area contributed by atoms with Gasteiger partial charge in [0.25, 0.3) is 0 Å². The molecule has 0 fully saturated rings. The van der Waals surface area contributed by atoms with E-state index in [4.69, 9.17) is 42.9 Å². The van der Waals surface area contributed by atoms with Crippen molar-refractivity contribution in [1.29, 1.82) is 0 Å². The number of nitrogens with zero attached hydrogens (tertiary/aromatic N) is 2. The second-order valence-electron chi connectivity index (χ2n) is 8.27. The maximum Gasteiger partial charge on any atom is 0.341 e. The Kier molecular flexibility index (Phi) is 7.88. The van der Waals surface area contributed by atoms with Crippen molar-refractivity contribution < 1.29 is 19.4 Å². The molecule has 7 nitrogen and oxygen atoms in total. The van der Waals surface area contributed by atoms with Crippen LogP contribution in [0.1, 0.15) is 38.3 Å². The molecule has 1 atom stereocenters. The van der Waals surface area contributed by atoms with Crippen LogP contribution in [0.25, 0.3) is 16.5 Å². The second-order valence-corrected chi connectivity index (χ2v) is 9.11. The fraction of sp³-hybridized carbons (Fsp3) is 0.308. The summed E-state index contributed by atoms with van der Waals surface area (Å²) in [4.78, 5) is 11.0. The van der Waals surface area contributed by atoms with Crippen LogP contribution in [-0.2, 0) is 11.8 Å². The molecule has 9 heteroatoms. The molecule has 35 heavy (non-hydrogen) atoms. The summed E-state index contributed by atoms with van der Waals surface area (Å²) in [7, 11) is 1.86. The van der Waals surface area contributed by atoms with Crippen molar-refractivity contribution in [3.05, 3.63) is 70.0 Å². The van der Waals surface area contributed by atoms with Crippen molar-refractivity contribution in [2.75, 3.05) is 6.61 Å². The van der Waals surface area contributed by atoms with Gasteiger partial charge in [-0.15, -0.1) is 0 Å². The highest BCUT2D eigenvalue weighted by Crippen LogP contribution is 2.37. The van der Waals surface area contributed by atoms with E-state index >= 15 is 0 Å². The Morgan fingerprint density at radius 1 is 1.26 bits per heavy atom. The van der Waals surface area contributed by atoms with Gasteiger partial charge < -0.3 is 19.9 Å². The SMILES string of the molecule is CCC/C1=C(\c2nn(C)c3cc(Cl)c(OCC(=O)O)cc23)CC/C=C\C(Oc2ccc(Cl)cc2)N1. The molecule has 1 aliphatic heterocycles. The van der Waals surface area contributed by atoms with E-state index in [1.807, 2.05) is 25.3 Å². The smallest absolute Gasteiger partial charge is 0.341 e. The third kappa shape index (κ3) is 5.92. The topological polar surface area (TPSA) is 85.6 Å². The van der Waals surface area contributed by atoms with Gasteiger partial charge in [-0.2, -0.15) is 5.10 Å². The molecule has 0 spiro atoms. The molecule has 1 unspecified atom stereocenters. The fourth-order valence-corrected chi connectivity index (χ4v) is 4.44. The summed E-state index contributed by atoms with van der Waals surface area (Å²) < 4.78 is 13.4. The fourth-order valence-electron chi connectivity index (χ4n) is 4.10. The quantitative estimate of drug-likeness (QED) is 0.347. The molecule has 3 aromatic rings. The van der Waals surface area contributed by atoms with Crippen LogP contribution < -0.4 is 14.8 Å². The second kappa shape index (κ2) is 11.1. The summed E-state index contributed by atoms with van der Waals surface area (Å²) in [5, 5.41) is 19.2. The molecule has 0 aliphatic carbocycles. The Morgan fingerprint density at radius 3 is 2.74 bits per heavy atom. The minimum Gasteiger partial charge on any atom is -0.480 e.